The highest BCUT2D eigenvalue weighted by molar-refractivity contribution is 5.88. The van der Waals surface area contributed by atoms with Crippen LogP contribution in [0.1, 0.15) is 29.5 Å². The predicted octanol–water partition coefficient (Wildman–Crippen LogP) is 4.10. The lowest BCUT2D eigenvalue weighted by atomic mass is 9.79. The van der Waals surface area contributed by atoms with Crippen molar-refractivity contribution in [3.8, 4) is 0 Å². The van der Waals surface area contributed by atoms with E-state index in [4.69, 9.17) is 4.52 Å². The van der Waals surface area contributed by atoms with Crippen molar-refractivity contribution >= 4 is 11.8 Å². The van der Waals surface area contributed by atoms with Gasteiger partial charge in [0.05, 0.1) is 11.1 Å². The Hall–Kier alpha value is -2.55. The SMILES string of the molecule is Cc1cc(C2(C)C(n3cccc3)=Cc3ccccc32)on1. The summed E-state index contributed by atoms with van der Waals surface area (Å²) in [6.45, 7) is 4.15. The second-order valence-corrected chi connectivity index (χ2v) is 5.66. The molecule has 0 bridgehead atoms. The van der Waals surface area contributed by atoms with Gasteiger partial charge in [0.15, 0.2) is 5.76 Å². The van der Waals surface area contributed by atoms with Gasteiger partial charge in [-0.05, 0) is 43.2 Å². The van der Waals surface area contributed by atoms with Gasteiger partial charge < -0.3 is 9.09 Å². The van der Waals surface area contributed by atoms with Crippen molar-refractivity contribution in [2.24, 2.45) is 0 Å². The Labute approximate surface area is 123 Å². The highest BCUT2D eigenvalue weighted by Gasteiger charge is 2.42. The minimum absolute atomic E-state index is 0.323. The molecule has 0 saturated carbocycles. The van der Waals surface area contributed by atoms with Gasteiger partial charge in [-0.3, -0.25) is 0 Å². The largest absolute Gasteiger partial charge is 0.360 e. The lowest BCUT2D eigenvalue weighted by Gasteiger charge is -2.27. The van der Waals surface area contributed by atoms with Gasteiger partial charge in [-0.15, -0.1) is 0 Å². The van der Waals surface area contributed by atoms with Gasteiger partial charge in [-0.2, -0.15) is 0 Å². The smallest absolute Gasteiger partial charge is 0.153 e. The van der Waals surface area contributed by atoms with Crippen molar-refractivity contribution < 1.29 is 4.52 Å². The summed E-state index contributed by atoms with van der Waals surface area (Å²) in [6.07, 6.45) is 6.37. The summed E-state index contributed by atoms with van der Waals surface area (Å²) in [4.78, 5) is 0. The third-order valence-corrected chi connectivity index (χ3v) is 4.31. The third-order valence-electron chi connectivity index (χ3n) is 4.31. The first-order chi connectivity index (χ1) is 10.2. The van der Waals surface area contributed by atoms with Crippen molar-refractivity contribution in [2.45, 2.75) is 19.3 Å². The Morgan fingerprint density at radius 1 is 1.10 bits per heavy atom. The molecule has 104 valence electrons. The summed E-state index contributed by atoms with van der Waals surface area (Å²) in [5.74, 6) is 0.880. The predicted molar refractivity (Wildman–Crippen MR) is 82.7 cm³/mol. The minimum Gasteiger partial charge on any atom is -0.360 e. The van der Waals surface area contributed by atoms with Crippen molar-refractivity contribution in [1.82, 2.24) is 9.72 Å². The molecule has 0 N–H and O–H groups in total. The maximum absolute atomic E-state index is 5.63. The molecule has 2 heterocycles. The average Bonchev–Trinajstić information content (AvgIpc) is 3.19. The van der Waals surface area contributed by atoms with E-state index in [9.17, 15) is 0 Å². The summed E-state index contributed by atoms with van der Waals surface area (Å²) in [7, 11) is 0. The van der Waals surface area contributed by atoms with Crippen molar-refractivity contribution in [3.63, 3.8) is 0 Å². The highest BCUT2D eigenvalue weighted by atomic mass is 16.5. The molecule has 0 radical (unpaired) electrons. The van der Waals surface area contributed by atoms with Gasteiger partial charge >= 0.3 is 0 Å². The molecule has 3 nitrogen and oxygen atoms in total. The van der Waals surface area contributed by atoms with Gasteiger partial charge in [-0.25, -0.2) is 0 Å². The Morgan fingerprint density at radius 2 is 1.86 bits per heavy atom. The number of hydrogen-bond acceptors (Lipinski definition) is 2. The second-order valence-electron chi connectivity index (χ2n) is 5.66. The maximum atomic E-state index is 5.63. The minimum atomic E-state index is -0.323. The van der Waals surface area contributed by atoms with Gasteiger partial charge in [0.1, 0.15) is 0 Å². The quantitative estimate of drug-likeness (QED) is 0.705. The van der Waals surface area contributed by atoms with Crippen LogP contribution in [0.2, 0.25) is 0 Å². The van der Waals surface area contributed by atoms with E-state index in [0.717, 1.165) is 11.5 Å². The lowest BCUT2D eigenvalue weighted by Crippen LogP contribution is -2.25. The molecular weight excluding hydrogens is 260 g/mol. The van der Waals surface area contributed by atoms with Crippen molar-refractivity contribution in [1.29, 1.82) is 0 Å². The van der Waals surface area contributed by atoms with Crippen LogP contribution in [0, 0.1) is 6.92 Å². The number of benzene rings is 1. The van der Waals surface area contributed by atoms with Crippen LogP contribution in [-0.2, 0) is 5.41 Å². The summed E-state index contributed by atoms with van der Waals surface area (Å²) < 4.78 is 7.78. The van der Waals surface area contributed by atoms with E-state index in [0.29, 0.717) is 0 Å². The fraction of sp³-hybridized carbons (Fsp3) is 0.167. The third kappa shape index (κ3) is 1.64. The molecule has 2 aromatic heterocycles. The summed E-state index contributed by atoms with van der Waals surface area (Å²) in [5, 5.41) is 4.08. The number of allylic oxidation sites excluding steroid dienone is 1. The van der Waals surface area contributed by atoms with Crippen LogP contribution in [0.15, 0.2) is 59.4 Å². The van der Waals surface area contributed by atoms with Crippen molar-refractivity contribution in [2.75, 3.05) is 0 Å². The standard InChI is InChI=1S/C18H16N2O/c1-13-11-17(21-19-13)18(2)15-8-4-3-7-14(15)12-16(18)20-9-5-6-10-20/h3-12H,1-2H3. The first-order valence-electron chi connectivity index (χ1n) is 7.08. The number of aryl methyl sites for hydroxylation is 1. The molecule has 3 aromatic rings. The highest BCUT2D eigenvalue weighted by Crippen LogP contribution is 2.48. The van der Waals surface area contributed by atoms with E-state index in [2.05, 4.69) is 59.4 Å². The van der Waals surface area contributed by atoms with Gasteiger partial charge in [-0.1, -0.05) is 29.4 Å². The average molecular weight is 276 g/mol. The summed E-state index contributed by atoms with van der Waals surface area (Å²) in [6, 6.07) is 14.6. The Kier molecular flexibility index (Phi) is 2.45. The summed E-state index contributed by atoms with van der Waals surface area (Å²) >= 11 is 0. The molecule has 21 heavy (non-hydrogen) atoms. The monoisotopic (exact) mass is 276 g/mol. The van der Waals surface area contributed by atoms with E-state index < -0.39 is 0 Å². The number of nitrogens with zero attached hydrogens (tertiary/aromatic N) is 2. The Bertz CT molecular complexity index is 827. The fourth-order valence-electron chi connectivity index (χ4n) is 3.19. The van der Waals surface area contributed by atoms with E-state index >= 15 is 0 Å². The van der Waals surface area contributed by atoms with Gasteiger partial charge in [0.25, 0.3) is 0 Å². The molecule has 0 fully saturated rings. The van der Waals surface area contributed by atoms with E-state index in [-0.39, 0.29) is 5.41 Å². The normalized spacial score (nSPS) is 20.4. The molecule has 0 aliphatic heterocycles. The number of rotatable bonds is 2. The molecule has 0 spiro atoms. The molecular formula is C18H16N2O. The van der Waals surface area contributed by atoms with Crippen LogP contribution < -0.4 is 0 Å². The molecule has 1 atom stereocenters. The first kappa shape index (κ1) is 12.2. The first-order valence-corrected chi connectivity index (χ1v) is 7.08. The van der Waals surface area contributed by atoms with Crippen LogP contribution >= 0.6 is 0 Å². The number of aromatic nitrogens is 2. The molecule has 1 aliphatic rings. The second kappa shape index (κ2) is 4.22. The molecule has 1 aliphatic carbocycles. The molecule has 1 aromatic carbocycles. The lowest BCUT2D eigenvalue weighted by molar-refractivity contribution is 0.352. The van der Waals surface area contributed by atoms with E-state index in [1.165, 1.54) is 16.8 Å². The summed E-state index contributed by atoms with van der Waals surface area (Å²) in [5.41, 5.74) is 4.26. The van der Waals surface area contributed by atoms with Crippen LogP contribution in [0.4, 0.5) is 0 Å². The topological polar surface area (TPSA) is 31.0 Å². The molecule has 0 amide bonds. The molecule has 4 rings (SSSR count). The van der Waals surface area contributed by atoms with Crippen LogP contribution in [0.3, 0.4) is 0 Å². The molecule has 0 saturated heterocycles. The van der Waals surface area contributed by atoms with Crippen LogP contribution in [0.5, 0.6) is 0 Å². The van der Waals surface area contributed by atoms with Crippen LogP contribution in [0.25, 0.3) is 11.8 Å². The molecule has 1 unspecified atom stereocenters. The zero-order valence-electron chi connectivity index (χ0n) is 12.1. The van der Waals surface area contributed by atoms with E-state index in [1.54, 1.807) is 0 Å². The maximum Gasteiger partial charge on any atom is 0.153 e. The van der Waals surface area contributed by atoms with Crippen molar-refractivity contribution in [3.05, 3.63) is 77.4 Å². The number of fused-ring (bicyclic) bond motifs is 1. The Balaban J connectivity index is 1.99. The fourth-order valence-corrected chi connectivity index (χ4v) is 3.19. The zero-order valence-corrected chi connectivity index (χ0v) is 12.1. The van der Waals surface area contributed by atoms with Gasteiger partial charge in [0, 0.05) is 24.2 Å². The number of hydrogen-bond donors (Lipinski definition) is 0. The van der Waals surface area contributed by atoms with Gasteiger partial charge in [0.2, 0.25) is 0 Å². The zero-order chi connectivity index (χ0) is 14.4. The Morgan fingerprint density at radius 3 is 2.57 bits per heavy atom. The van der Waals surface area contributed by atoms with Crippen LogP contribution in [-0.4, -0.2) is 9.72 Å². The molecule has 3 heteroatoms. The van der Waals surface area contributed by atoms with E-state index in [1.807, 2.05) is 25.1 Å².